The minimum Gasteiger partial charge on any atom is -0.432 e. The number of carbonyl (C=O) groups excluding carboxylic acids is 1. The van der Waals surface area contributed by atoms with E-state index in [2.05, 4.69) is 27.7 Å². The average Bonchev–Trinajstić information content (AvgIpc) is 3.01. The summed E-state index contributed by atoms with van der Waals surface area (Å²) in [7, 11) is 0. The summed E-state index contributed by atoms with van der Waals surface area (Å²) in [5.74, 6) is 1.07. The molecule has 0 aromatic heterocycles. The van der Waals surface area contributed by atoms with E-state index in [1.807, 2.05) is 0 Å². The number of hydrogen-bond donors (Lipinski definition) is 0. The van der Waals surface area contributed by atoms with Gasteiger partial charge < -0.3 is 18.9 Å². The highest BCUT2D eigenvalue weighted by Crippen LogP contribution is 2.65. The van der Waals surface area contributed by atoms with Crippen LogP contribution in [0.25, 0.3) is 0 Å². The molecule has 0 bridgehead atoms. The van der Waals surface area contributed by atoms with Gasteiger partial charge in [-0.1, -0.05) is 20.8 Å². The van der Waals surface area contributed by atoms with E-state index in [-0.39, 0.29) is 30.2 Å². The predicted octanol–water partition coefficient (Wildman–Crippen LogP) is 4.67. The molecule has 2 saturated heterocycles. The Kier molecular flexibility index (Phi) is 5.03. The van der Waals surface area contributed by atoms with Crippen LogP contribution in [0.4, 0.5) is 0 Å². The van der Waals surface area contributed by atoms with Gasteiger partial charge in [0.2, 0.25) is 5.79 Å². The third-order valence-corrected chi connectivity index (χ3v) is 8.73. The van der Waals surface area contributed by atoms with E-state index in [1.165, 1.54) is 12.8 Å². The number of carbonyl (C=O) groups is 1. The Hall–Kier alpha value is -0.650. The van der Waals surface area contributed by atoms with Gasteiger partial charge in [-0.2, -0.15) is 0 Å². The van der Waals surface area contributed by atoms with Crippen LogP contribution >= 0.6 is 0 Å². The lowest BCUT2D eigenvalue weighted by molar-refractivity contribution is -0.392. The molecule has 0 radical (unpaired) electrons. The second-order valence-corrected chi connectivity index (χ2v) is 11.0. The topological polar surface area (TPSA) is 54.0 Å². The Morgan fingerprint density at radius 1 is 1.14 bits per heavy atom. The van der Waals surface area contributed by atoms with Crippen LogP contribution in [-0.4, -0.2) is 36.4 Å². The molecule has 164 valence electrons. The maximum atomic E-state index is 13.3. The molecule has 9 unspecified atom stereocenters. The number of rotatable bonds is 3. The Morgan fingerprint density at radius 2 is 1.97 bits per heavy atom. The Bertz CT molecular complexity index is 643. The average molecular weight is 407 g/mol. The molecule has 2 aliphatic heterocycles. The van der Waals surface area contributed by atoms with Crippen molar-refractivity contribution in [1.82, 2.24) is 0 Å². The fraction of sp³-hybridized carbons (Fsp3) is 0.958. The summed E-state index contributed by atoms with van der Waals surface area (Å²) >= 11 is 0. The quantitative estimate of drug-likeness (QED) is 0.637. The molecule has 9 atom stereocenters. The molecule has 5 aliphatic rings. The van der Waals surface area contributed by atoms with Crippen LogP contribution in [0.1, 0.15) is 79.1 Å². The summed E-state index contributed by atoms with van der Waals surface area (Å²) < 4.78 is 25.3. The van der Waals surface area contributed by atoms with Crippen molar-refractivity contribution in [3.05, 3.63) is 0 Å². The van der Waals surface area contributed by atoms with E-state index in [1.54, 1.807) is 0 Å². The summed E-state index contributed by atoms with van der Waals surface area (Å²) in [6, 6.07) is 0. The van der Waals surface area contributed by atoms with Crippen molar-refractivity contribution in [2.45, 2.75) is 103 Å². The Morgan fingerprint density at radius 3 is 2.69 bits per heavy atom. The smallest absolute Gasteiger partial charge is 0.314 e. The van der Waals surface area contributed by atoms with Gasteiger partial charge in [0.05, 0.1) is 17.6 Å². The first-order chi connectivity index (χ1) is 13.8. The standard InChI is InChI=1S/C24H38O5/c1-14(2)18-9-8-15(3)13-24(18)28-22(25)21-17-11-16(12-19(17)23(21,4)29-24)27-20-7-5-6-10-26-20/h14-21H,5-13H2,1-4H3. The summed E-state index contributed by atoms with van der Waals surface area (Å²) in [5.41, 5.74) is -0.407. The van der Waals surface area contributed by atoms with E-state index in [4.69, 9.17) is 18.9 Å². The predicted molar refractivity (Wildman–Crippen MR) is 108 cm³/mol. The van der Waals surface area contributed by atoms with Gasteiger partial charge in [0.15, 0.2) is 6.29 Å². The number of esters is 1. The van der Waals surface area contributed by atoms with E-state index in [0.717, 1.165) is 45.1 Å². The fourth-order valence-corrected chi connectivity index (χ4v) is 7.40. The van der Waals surface area contributed by atoms with Gasteiger partial charge in [0, 0.05) is 18.9 Å². The van der Waals surface area contributed by atoms with Crippen molar-refractivity contribution in [3.63, 3.8) is 0 Å². The first kappa shape index (κ1) is 20.3. The van der Waals surface area contributed by atoms with Gasteiger partial charge >= 0.3 is 5.97 Å². The molecule has 5 rings (SSSR count). The lowest BCUT2D eigenvalue weighted by Gasteiger charge is -2.64. The third-order valence-electron chi connectivity index (χ3n) is 8.73. The Balaban J connectivity index is 1.34. The summed E-state index contributed by atoms with van der Waals surface area (Å²) in [6.07, 6.45) is 8.41. The van der Waals surface area contributed by atoms with Crippen LogP contribution in [-0.2, 0) is 23.7 Å². The van der Waals surface area contributed by atoms with Crippen LogP contribution in [0.15, 0.2) is 0 Å². The van der Waals surface area contributed by atoms with E-state index in [9.17, 15) is 4.79 Å². The molecule has 3 aliphatic carbocycles. The molecule has 1 spiro atoms. The van der Waals surface area contributed by atoms with Crippen molar-refractivity contribution in [2.24, 2.45) is 35.5 Å². The van der Waals surface area contributed by atoms with Crippen molar-refractivity contribution < 1.29 is 23.7 Å². The molecule has 0 N–H and O–H groups in total. The van der Waals surface area contributed by atoms with Crippen molar-refractivity contribution in [2.75, 3.05) is 6.61 Å². The maximum absolute atomic E-state index is 13.3. The minimum absolute atomic E-state index is 0.0192. The summed E-state index contributed by atoms with van der Waals surface area (Å²) in [4.78, 5) is 13.3. The van der Waals surface area contributed by atoms with Crippen molar-refractivity contribution in [3.8, 4) is 0 Å². The molecule has 5 fully saturated rings. The summed E-state index contributed by atoms with van der Waals surface area (Å²) in [5, 5.41) is 0. The van der Waals surface area contributed by atoms with Crippen LogP contribution < -0.4 is 0 Å². The molecular weight excluding hydrogens is 368 g/mol. The molecule has 0 aromatic carbocycles. The van der Waals surface area contributed by atoms with E-state index in [0.29, 0.717) is 23.7 Å². The molecule has 5 heteroatoms. The summed E-state index contributed by atoms with van der Waals surface area (Å²) in [6.45, 7) is 9.72. The van der Waals surface area contributed by atoms with Gasteiger partial charge in [-0.25, -0.2) is 0 Å². The molecule has 2 heterocycles. The van der Waals surface area contributed by atoms with Gasteiger partial charge in [-0.3, -0.25) is 4.79 Å². The fourth-order valence-electron chi connectivity index (χ4n) is 7.40. The molecule has 0 aromatic rings. The van der Waals surface area contributed by atoms with Crippen LogP contribution in [0.2, 0.25) is 0 Å². The second kappa shape index (κ2) is 7.20. The Labute approximate surface area is 175 Å². The zero-order chi connectivity index (χ0) is 20.4. The molecule has 3 saturated carbocycles. The van der Waals surface area contributed by atoms with Crippen LogP contribution in [0.5, 0.6) is 0 Å². The van der Waals surface area contributed by atoms with Gasteiger partial charge in [0.25, 0.3) is 0 Å². The highest BCUT2D eigenvalue weighted by Gasteiger charge is 2.73. The first-order valence-corrected chi connectivity index (χ1v) is 12.0. The number of fused-ring (bicyclic) bond motifs is 4. The maximum Gasteiger partial charge on any atom is 0.314 e. The second-order valence-electron chi connectivity index (χ2n) is 11.0. The SMILES string of the molecule is CC1CCC(C(C)C)C2(C1)OC(=O)C1C3CC(OC4CCCCO4)CC3C1(C)O2. The van der Waals surface area contributed by atoms with Crippen LogP contribution in [0.3, 0.4) is 0 Å². The lowest BCUT2D eigenvalue weighted by Crippen LogP contribution is -2.72. The van der Waals surface area contributed by atoms with Crippen molar-refractivity contribution in [1.29, 1.82) is 0 Å². The van der Waals surface area contributed by atoms with E-state index >= 15 is 0 Å². The zero-order valence-corrected chi connectivity index (χ0v) is 18.5. The number of ether oxygens (including phenoxy) is 4. The third kappa shape index (κ3) is 3.18. The zero-order valence-electron chi connectivity index (χ0n) is 18.5. The minimum atomic E-state index is -0.732. The van der Waals surface area contributed by atoms with Gasteiger partial charge in [-0.05, 0) is 75.5 Å². The van der Waals surface area contributed by atoms with Gasteiger partial charge in [0.1, 0.15) is 0 Å². The highest BCUT2D eigenvalue weighted by molar-refractivity contribution is 5.77. The number of hydrogen-bond acceptors (Lipinski definition) is 5. The largest absolute Gasteiger partial charge is 0.432 e. The van der Waals surface area contributed by atoms with Crippen molar-refractivity contribution >= 4 is 5.97 Å². The van der Waals surface area contributed by atoms with E-state index < -0.39 is 11.4 Å². The highest BCUT2D eigenvalue weighted by atomic mass is 16.7. The molecule has 5 nitrogen and oxygen atoms in total. The monoisotopic (exact) mass is 406 g/mol. The van der Waals surface area contributed by atoms with Crippen LogP contribution in [0, 0.1) is 35.5 Å². The molecule has 0 amide bonds. The molecular formula is C24H38O5. The van der Waals surface area contributed by atoms with Gasteiger partial charge in [-0.15, -0.1) is 0 Å². The molecule has 29 heavy (non-hydrogen) atoms. The first-order valence-electron chi connectivity index (χ1n) is 12.0. The normalized spacial score (nSPS) is 52.0. The lowest BCUT2D eigenvalue weighted by atomic mass is 9.54.